The molecule has 6 nitrogen and oxygen atoms in total. The summed E-state index contributed by atoms with van der Waals surface area (Å²) in [4.78, 5) is 12.3. The minimum Gasteiger partial charge on any atom is -0.493 e. The number of amides is 1. The predicted octanol–water partition coefficient (Wildman–Crippen LogP) is 3.62. The average molecular weight is 410 g/mol. The number of hydrogen-bond donors (Lipinski definition) is 1. The van der Waals surface area contributed by atoms with Crippen molar-refractivity contribution >= 4 is 12.0 Å². The number of halogens is 1. The summed E-state index contributed by atoms with van der Waals surface area (Å²) >= 11 is 0. The third-order valence-electron chi connectivity index (χ3n) is 4.72. The minimum atomic E-state index is -0.452. The van der Waals surface area contributed by atoms with Crippen molar-refractivity contribution < 1.29 is 23.4 Å². The molecule has 1 amide bonds. The van der Waals surface area contributed by atoms with Crippen molar-refractivity contribution in [2.75, 3.05) is 20.3 Å². The van der Waals surface area contributed by atoms with E-state index in [9.17, 15) is 14.4 Å². The van der Waals surface area contributed by atoms with Gasteiger partial charge in [-0.1, -0.05) is 24.3 Å². The largest absolute Gasteiger partial charge is 0.493 e. The number of nitriles is 1. The van der Waals surface area contributed by atoms with Gasteiger partial charge in [0.1, 0.15) is 24.1 Å². The third kappa shape index (κ3) is 5.58. The molecule has 1 N–H and O–H groups in total. The molecule has 0 saturated carbocycles. The standard InChI is InChI=1S/C23H23FN2O4/c1-28-22-12-16(8-9-21(22)30-15-17-5-2-3-7-20(17)24)11-18(13-25)23(27)26-14-19-6-4-10-29-19/h2-3,5,7-9,11-12,19H,4,6,10,14-15H2,1H3,(H,26,27)/b18-11+/t19-/m0/s1. The van der Waals surface area contributed by atoms with Crippen LogP contribution in [0.2, 0.25) is 0 Å². The van der Waals surface area contributed by atoms with E-state index in [1.165, 1.54) is 19.3 Å². The smallest absolute Gasteiger partial charge is 0.262 e. The van der Waals surface area contributed by atoms with Crippen LogP contribution in [0.5, 0.6) is 11.5 Å². The van der Waals surface area contributed by atoms with Crippen LogP contribution in [0, 0.1) is 17.1 Å². The number of nitrogens with zero attached hydrogens (tertiary/aromatic N) is 1. The molecule has 7 heteroatoms. The zero-order valence-electron chi connectivity index (χ0n) is 16.7. The van der Waals surface area contributed by atoms with E-state index in [0.29, 0.717) is 35.8 Å². The number of rotatable bonds is 8. The van der Waals surface area contributed by atoms with Gasteiger partial charge in [0.2, 0.25) is 0 Å². The molecule has 0 aromatic heterocycles. The molecule has 0 spiro atoms. The molecule has 0 bridgehead atoms. The van der Waals surface area contributed by atoms with Crippen molar-refractivity contribution in [3.05, 3.63) is 65.0 Å². The second-order valence-electron chi connectivity index (χ2n) is 6.81. The van der Waals surface area contributed by atoms with Gasteiger partial charge in [-0.25, -0.2) is 4.39 Å². The molecule has 1 fully saturated rings. The number of methoxy groups -OCH3 is 1. The van der Waals surface area contributed by atoms with Crippen LogP contribution >= 0.6 is 0 Å². The van der Waals surface area contributed by atoms with Crippen molar-refractivity contribution in [2.45, 2.75) is 25.6 Å². The Bertz CT molecular complexity index is 962. The first-order valence-corrected chi connectivity index (χ1v) is 9.66. The fraction of sp³-hybridized carbons (Fsp3) is 0.304. The Morgan fingerprint density at radius 3 is 2.87 bits per heavy atom. The highest BCUT2D eigenvalue weighted by atomic mass is 19.1. The molecule has 1 saturated heterocycles. The van der Waals surface area contributed by atoms with E-state index >= 15 is 0 Å². The van der Waals surface area contributed by atoms with E-state index in [0.717, 1.165) is 12.8 Å². The summed E-state index contributed by atoms with van der Waals surface area (Å²) in [5.74, 6) is 0.0481. The topological polar surface area (TPSA) is 80.6 Å². The lowest BCUT2D eigenvalue weighted by Crippen LogP contribution is -2.32. The summed E-state index contributed by atoms with van der Waals surface area (Å²) in [5, 5.41) is 12.1. The van der Waals surface area contributed by atoms with Crippen LogP contribution in [0.3, 0.4) is 0 Å². The van der Waals surface area contributed by atoms with E-state index in [1.54, 1.807) is 36.4 Å². The molecule has 1 aliphatic heterocycles. The summed E-state index contributed by atoms with van der Waals surface area (Å²) in [6, 6.07) is 13.3. The van der Waals surface area contributed by atoms with Gasteiger partial charge < -0.3 is 19.5 Å². The quantitative estimate of drug-likeness (QED) is 0.531. The number of benzene rings is 2. The van der Waals surface area contributed by atoms with Gasteiger partial charge in [-0.15, -0.1) is 0 Å². The van der Waals surface area contributed by atoms with Crippen molar-refractivity contribution in [1.29, 1.82) is 5.26 Å². The van der Waals surface area contributed by atoms with Gasteiger partial charge in [0, 0.05) is 18.7 Å². The molecule has 1 aliphatic rings. The summed E-state index contributed by atoms with van der Waals surface area (Å²) in [6.45, 7) is 1.13. The maximum absolute atomic E-state index is 13.8. The summed E-state index contributed by atoms with van der Waals surface area (Å²) in [7, 11) is 1.48. The van der Waals surface area contributed by atoms with Crippen LogP contribution in [0.15, 0.2) is 48.0 Å². The van der Waals surface area contributed by atoms with E-state index in [1.807, 2.05) is 6.07 Å². The summed E-state index contributed by atoms with van der Waals surface area (Å²) < 4.78 is 30.3. The number of nitrogens with one attached hydrogen (secondary N) is 1. The molecule has 1 heterocycles. The molecular formula is C23H23FN2O4. The molecule has 0 aliphatic carbocycles. The van der Waals surface area contributed by atoms with Crippen molar-refractivity contribution in [3.8, 4) is 17.6 Å². The number of hydrogen-bond acceptors (Lipinski definition) is 5. The highest BCUT2D eigenvalue weighted by molar-refractivity contribution is 6.01. The van der Waals surface area contributed by atoms with Gasteiger partial charge in [-0.05, 0) is 42.7 Å². The number of ether oxygens (including phenoxy) is 3. The molecular weight excluding hydrogens is 387 g/mol. The summed E-state index contributed by atoms with van der Waals surface area (Å²) in [6.07, 6.45) is 3.36. The van der Waals surface area contributed by atoms with Gasteiger partial charge in [-0.2, -0.15) is 5.26 Å². The van der Waals surface area contributed by atoms with Gasteiger partial charge >= 0.3 is 0 Å². The van der Waals surface area contributed by atoms with Crippen molar-refractivity contribution in [1.82, 2.24) is 5.32 Å². The lowest BCUT2D eigenvalue weighted by molar-refractivity contribution is -0.117. The number of carbonyl (C=O) groups is 1. The predicted molar refractivity (Wildman–Crippen MR) is 109 cm³/mol. The Balaban J connectivity index is 1.68. The Morgan fingerprint density at radius 1 is 1.33 bits per heavy atom. The van der Waals surface area contributed by atoms with Crippen molar-refractivity contribution in [2.24, 2.45) is 0 Å². The Labute approximate surface area is 174 Å². The summed E-state index contributed by atoms with van der Waals surface area (Å²) in [5.41, 5.74) is 1.02. The number of carbonyl (C=O) groups excluding carboxylic acids is 1. The molecule has 30 heavy (non-hydrogen) atoms. The molecule has 156 valence electrons. The van der Waals surface area contributed by atoms with E-state index in [2.05, 4.69) is 5.32 Å². The maximum Gasteiger partial charge on any atom is 0.262 e. The normalized spacial score (nSPS) is 16.0. The second-order valence-corrected chi connectivity index (χ2v) is 6.81. The molecule has 3 rings (SSSR count). The maximum atomic E-state index is 13.8. The van der Waals surface area contributed by atoms with E-state index in [4.69, 9.17) is 14.2 Å². The molecule has 0 radical (unpaired) electrons. The first-order chi connectivity index (χ1) is 14.6. The highest BCUT2D eigenvalue weighted by Gasteiger charge is 2.18. The first-order valence-electron chi connectivity index (χ1n) is 9.66. The first kappa shape index (κ1) is 21.3. The minimum absolute atomic E-state index is 0.000120. The van der Waals surface area contributed by atoms with Crippen LogP contribution in [0.4, 0.5) is 4.39 Å². The van der Waals surface area contributed by atoms with Gasteiger partial charge in [0.25, 0.3) is 5.91 Å². The average Bonchev–Trinajstić information content (AvgIpc) is 3.29. The van der Waals surface area contributed by atoms with Crippen LogP contribution in [0.1, 0.15) is 24.0 Å². The lowest BCUT2D eigenvalue weighted by atomic mass is 10.1. The SMILES string of the molecule is COc1cc(/C=C(\C#N)C(=O)NC[C@@H]2CCCO2)ccc1OCc1ccccc1F. The molecule has 2 aromatic carbocycles. The van der Waals surface area contributed by atoms with Crippen molar-refractivity contribution in [3.63, 3.8) is 0 Å². The van der Waals surface area contributed by atoms with E-state index < -0.39 is 5.91 Å². The lowest BCUT2D eigenvalue weighted by Gasteiger charge is -2.12. The van der Waals surface area contributed by atoms with Crippen LogP contribution in [-0.4, -0.2) is 32.3 Å². The van der Waals surface area contributed by atoms with Gasteiger partial charge in [-0.3, -0.25) is 4.79 Å². The Morgan fingerprint density at radius 2 is 2.17 bits per heavy atom. The monoisotopic (exact) mass is 410 g/mol. The fourth-order valence-corrected chi connectivity index (χ4v) is 3.09. The molecule has 0 unspecified atom stereocenters. The third-order valence-corrected chi connectivity index (χ3v) is 4.72. The zero-order chi connectivity index (χ0) is 21.3. The molecule has 2 aromatic rings. The van der Waals surface area contributed by atoms with Crippen LogP contribution in [-0.2, 0) is 16.1 Å². The zero-order valence-corrected chi connectivity index (χ0v) is 16.7. The van der Waals surface area contributed by atoms with Crippen LogP contribution in [0.25, 0.3) is 6.08 Å². The van der Waals surface area contributed by atoms with E-state index in [-0.39, 0.29) is 24.1 Å². The highest BCUT2D eigenvalue weighted by Crippen LogP contribution is 2.30. The Kier molecular flexibility index (Phi) is 7.41. The Hall–Kier alpha value is -3.37. The van der Waals surface area contributed by atoms with Gasteiger partial charge in [0.15, 0.2) is 11.5 Å². The second kappa shape index (κ2) is 10.4. The van der Waals surface area contributed by atoms with Crippen LogP contribution < -0.4 is 14.8 Å². The fourth-order valence-electron chi connectivity index (χ4n) is 3.09. The van der Waals surface area contributed by atoms with Gasteiger partial charge in [0.05, 0.1) is 13.2 Å². The molecule has 1 atom stereocenters.